The Balaban J connectivity index is 0.766. The molecule has 6 fully saturated rings. The van der Waals surface area contributed by atoms with Crippen molar-refractivity contribution in [3.63, 3.8) is 0 Å². The van der Waals surface area contributed by atoms with Gasteiger partial charge >= 0.3 is 56.4 Å². The van der Waals surface area contributed by atoms with Gasteiger partial charge in [0, 0.05) is 88.5 Å². The van der Waals surface area contributed by atoms with Crippen LogP contribution in [0, 0.1) is 27.7 Å². The van der Waals surface area contributed by atoms with E-state index in [1.54, 1.807) is 27.7 Å². The zero-order valence-corrected chi connectivity index (χ0v) is 88.0. The van der Waals surface area contributed by atoms with Crippen LogP contribution in [0.15, 0.2) is 71.0 Å². The smallest absolute Gasteiger partial charge is 0.386 e. The summed E-state index contributed by atoms with van der Waals surface area (Å²) in [6.07, 6.45) is -27.9. The van der Waals surface area contributed by atoms with Crippen molar-refractivity contribution in [1.82, 2.24) is 77.2 Å². The number of H-pyrrole nitrogens is 3. The van der Waals surface area contributed by atoms with E-state index in [1.807, 2.05) is 0 Å². The molecule has 6 aliphatic rings. The van der Waals surface area contributed by atoms with Gasteiger partial charge in [0.1, 0.15) is 122 Å². The van der Waals surface area contributed by atoms with Crippen LogP contribution in [0.1, 0.15) is 86.3 Å². The number of hydrogen-bond donors (Lipinski definition) is 14. The standard InChI is InChI=1S/C76H112N21O39P5S5/c1-11-38-39(21-45(126-38)92-25-37(6)63(99)91-76(92)105)132-137(106,142)122-27-41-49(54(116-17-13-111-7)67(128-41)94-23-35(4)59(78)85-74(94)103)133-139(108,144)123-28-42-50(55(117-18-14-112-8)68(129-42)95-24-36(5)60(79)86-75(95)104)134-140(109,145)124-30-44-52(57(119-20-16-114-10)70(131-44)97-32-83-47-62(97)88-72(81)90-65(47)101)136-141(110,146)125-29-43-51(56(118-19-15-113-9)69(130-43)96-31-82-46-61(96)87-71(80)89-64(46)100)135-138(107,143)121-26-40-48(98)53(120-33-115-12-2)66(127-40)93-22-34(3)58(77)84-73(93)102/h22-25,31-32,38-45,48-57,66-70,98H,11-21,26-30,33H2,1-10H3,(H,106,142)(H,107,143)(H,108,144)(H,109,145)(H,110,146)(H2,77,84,102)(H2,78,85,103)(H2,79,86,104)(H,91,99,105)(H3,80,87,89,100)(H3,81,88,90,101)/t38-,39-,40-,41-,42-,43-,44-,45-,48+,49+,50+,51+,52+,53?,54?,55?,56?,57?,66-,67-,68-,69-,70-,137?,138?,139?,140?,141?/m1/s1. The summed E-state index contributed by atoms with van der Waals surface area (Å²) in [7, 11) is 5.42. The minimum atomic E-state index is -5.18. The maximum atomic E-state index is 15.8. The van der Waals surface area contributed by atoms with Gasteiger partial charge in [-0.3, -0.25) is 79.4 Å². The number of methoxy groups -OCH3 is 4. The van der Waals surface area contributed by atoms with Crippen LogP contribution < -0.4 is 68.1 Å². The van der Waals surface area contributed by atoms with Crippen LogP contribution in [0.2, 0.25) is 0 Å². The maximum absolute atomic E-state index is 15.8. The fourth-order valence-electron chi connectivity index (χ4n) is 16.5. The zero-order valence-electron chi connectivity index (χ0n) is 79.4. The number of thiol groups is 1. The van der Waals surface area contributed by atoms with Crippen LogP contribution in [0.5, 0.6) is 0 Å². The molecule has 810 valence electrons. The molecule has 0 saturated carbocycles. The highest BCUT2D eigenvalue weighted by Gasteiger charge is 2.58. The number of anilines is 5. The van der Waals surface area contributed by atoms with E-state index in [2.05, 4.69) is 62.1 Å². The van der Waals surface area contributed by atoms with Crippen molar-refractivity contribution < 1.29 is 150 Å². The number of aliphatic hydroxyl groups is 1. The molecule has 10 unspecified atom stereocenters. The summed E-state index contributed by atoms with van der Waals surface area (Å²) in [5, 5.41) is 11.9. The molecule has 0 spiro atoms. The lowest BCUT2D eigenvalue weighted by Crippen LogP contribution is -2.41. The average Bonchev–Trinajstić information content (AvgIpc) is 1.60. The lowest BCUT2D eigenvalue weighted by molar-refractivity contribution is -0.138. The highest BCUT2D eigenvalue weighted by Crippen LogP contribution is 2.60. The minimum absolute atomic E-state index is 0.0793. The summed E-state index contributed by atoms with van der Waals surface area (Å²) in [6.45, 7) is -21.4. The fraction of sp³-hybridized carbons (Fsp3) is 0.658. The fourth-order valence-corrected chi connectivity index (χ4v) is 23.8. The highest BCUT2D eigenvalue weighted by molar-refractivity contribution is 8.44. The van der Waals surface area contributed by atoms with Crippen molar-refractivity contribution in [2.75, 3.05) is 156 Å². The summed E-state index contributed by atoms with van der Waals surface area (Å²) in [5.41, 5.74) is 24.7. The number of aromatic nitrogens is 16. The summed E-state index contributed by atoms with van der Waals surface area (Å²) in [6, 6.07) is 0. The number of nitrogen functional groups attached to an aromatic ring is 5. The quantitative estimate of drug-likeness (QED) is 0.00910. The molecule has 0 radical (unpaired) electrons. The third kappa shape index (κ3) is 27.2. The number of nitrogens with one attached hydrogen (secondary N) is 3. The number of aliphatic hydroxyl groups excluding tert-OH is 1. The van der Waals surface area contributed by atoms with E-state index in [1.165, 1.54) is 76.2 Å². The van der Waals surface area contributed by atoms with Crippen molar-refractivity contribution in [2.24, 2.45) is 0 Å². The number of nitrogens with two attached hydrogens (primary N) is 5. The Morgan fingerprint density at radius 3 is 1.14 bits per heavy atom. The first-order chi connectivity index (χ1) is 69.3. The molecule has 14 rings (SSSR count). The van der Waals surface area contributed by atoms with E-state index in [-0.39, 0.29) is 142 Å². The molecule has 60 nitrogen and oxygen atoms in total. The lowest BCUT2D eigenvalue weighted by Gasteiger charge is -2.31. The van der Waals surface area contributed by atoms with Crippen molar-refractivity contribution in [2.45, 2.75) is 196 Å². The first kappa shape index (κ1) is 115. The molecular formula is C76H112N21O39P5S5. The van der Waals surface area contributed by atoms with Crippen LogP contribution in [0.25, 0.3) is 22.3 Å². The van der Waals surface area contributed by atoms with Gasteiger partial charge in [0.2, 0.25) is 11.9 Å². The predicted molar refractivity (Wildman–Crippen MR) is 523 cm³/mol. The molecule has 28 atom stereocenters. The number of aryl methyl sites for hydroxylation is 4. The second-order valence-electron chi connectivity index (χ2n) is 33.4. The van der Waals surface area contributed by atoms with E-state index in [9.17, 15) is 58.2 Å². The molecule has 8 aromatic rings. The van der Waals surface area contributed by atoms with E-state index in [0.717, 1.165) is 30.9 Å². The van der Waals surface area contributed by atoms with Gasteiger partial charge in [0.05, 0.1) is 111 Å². The van der Waals surface area contributed by atoms with Crippen LogP contribution in [0.4, 0.5) is 29.4 Å². The van der Waals surface area contributed by atoms with Gasteiger partial charge in [0.15, 0.2) is 53.5 Å². The topological polar surface area (TPSA) is 775 Å². The molecule has 6 aliphatic heterocycles. The van der Waals surface area contributed by atoms with Crippen molar-refractivity contribution >= 4 is 145 Å². The second kappa shape index (κ2) is 49.4. The molecule has 0 aromatic carbocycles. The van der Waals surface area contributed by atoms with Gasteiger partial charge in [-0.2, -0.15) is 24.9 Å². The van der Waals surface area contributed by atoms with E-state index in [0.29, 0.717) is 5.56 Å². The largest absolute Gasteiger partial charge is 0.387 e. The number of nitrogens with zero attached hydrogens (tertiary/aromatic N) is 13. The van der Waals surface area contributed by atoms with Gasteiger partial charge < -0.3 is 152 Å². The Hall–Kier alpha value is -7.04. The van der Waals surface area contributed by atoms with Gasteiger partial charge in [0.25, 0.3) is 16.7 Å². The van der Waals surface area contributed by atoms with Crippen LogP contribution >= 0.6 is 45.9 Å². The Morgan fingerprint density at radius 2 is 0.760 bits per heavy atom. The van der Waals surface area contributed by atoms with Crippen LogP contribution in [-0.4, -0.2) is 333 Å². The number of hydrogen-bond acceptors (Lipinski definition) is 51. The normalized spacial score (nSPS) is 29.1. The lowest BCUT2D eigenvalue weighted by atomic mass is 10.1. The van der Waals surface area contributed by atoms with E-state index in [4.69, 9.17) is 197 Å². The first-order valence-corrected chi connectivity index (χ1v) is 57.7. The summed E-state index contributed by atoms with van der Waals surface area (Å²) in [5.74, 6) is -1.20. The Kier molecular flexibility index (Phi) is 38.7. The molecule has 0 aliphatic carbocycles. The monoisotopic (exact) mass is 2260 g/mol. The molecule has 70 heteroatoms. The Bertz CT molecular complexity index is 6640. The van der Waals surface area contributed by atoms with Crippen molar-refractivity contribution in [1.29, 1.82) is 0 Å². The number of fused-ring (bicyclic) bond motifs is 2. The molecule has 18 N–H and O–H groups in total. The molecule has 14 heterocycles. The zero-order chi connectivity index (χ0) is 106. The third-order valence-electron chi connectivity index (χ3n) is 23.5. The molecule has 8 aromatic heterocycles. The second-order valence-corrected chi connectivity index (χ2v) is 47.5. The summed E-state index contributed by atoms with van der Waals surface area (Å²) < 4.78 is 182. The minimum Gasteiger partial charge on any atom is -0.387 e. The van der Waals surface area contributed by atoms with Gasteiger partial charge in [-0.1, -0.05) is 19.2 Å². The van der Waals surface area contributed by atoms with E-state index >= 15 is 4.57 Å². The molecular weight excluding hydrogens is 2150 g/mol. The summed E-state index contributed by atoms with van der Waals surface area (Å²) >= 11 is 27.6. The number of rotatable bonds is 52. The summed E-state index contributed by atoms with van der Waals surface area (Å²) in [4.78, 5) is 180. The van der Waals surface area contributed by atoms with Crippen molar-refractivity contribution in [3.05, 3.63) is 133 Å². The molecule has 6 saturated heterocycles. The molecule has 0 bridgehead atoms. The average molecular weight is 2260 g/mol. The molecule has 0 amide bonds. The predicted octanol–water partition coefficient (Wildman–Crippen LogP) is -1.32. The highest BCUT2D eigenvalue weighted by atomic mass is 32.7. The van der Waals surface area contributed by atoms with Crippen molar-refractivity contribution in [3.8, 4) is 0 Å². The van der Waals surface area contributed by atoms with Crippen LogP contribution in [0.3, 0.4) is 0 Å². The third-order valence-corrected chi connectivity index (χ3v) is 31.4. The van der Waals surface area contributed by atoms with Gasteiger partial charge in [-0.05, 0) is 88.3 Å². The maximum Gasteiger partial charge on any atom is 0.386 e. The first-order valence-electron chi connectivity index (χ1n) is 44.6. The number of imidazole rings is 2. The van der Waals surface area contributed by atoms with Gasteiger partial charge in [-0.25, -0.2) is 33.7 Å². The SMILES string of the molecule is CCOCOC1[C@@H](O)[C@@H](COP(O)(=S)O[C@@H]2C(OCCOC)[C@H](n3cnc4c(=O)[nH]c(N)nc43)O[C@@H]2COP(=O)(S)O[C@@H]2C(OCCOC)[C@H](n3cnc4c(=O)[nH]c(N)nc43)O[C@@H]2COP(O)(=S)O[C@@H]2C(OCCOC)[C@H](n3cc(C)c(N)nc3=O)O[C@@H]2COP(O)(=S)O[C@@H]2C(OCCOC)[C@H](n3cc(C)c(N)nc3=O)O[C@@H]2COP(O)(=S)O[C@@H]2C[C@H](n3cc(C)c(=O)[nH]c3=O)O[C@@H]2CC)O[C@H]1n1cc(C)c(N)nc1=O. The van der Waals surface area contributed by atoms with Gasteiger partial charge in [-0.15, -0.1) is 0 Å². The van der Waals surface area contributed by atoms with E-state index < -0.39 is 253 Å². The Labute approximate surface area is 852 Å². The van der Waals surface area contributed by atoms with Crippen LogP contribution in [-0.2, 0) is 173 Å². The Morgan fingerprint density at radius 1 is 0.418 bits per heavy atom. The molecule has 146 heavy (non-hydrogen) atoms. The number of aromatic amines is 3. The number of ether oxygens (including phenoxy) is 16.